The van der Waals surface area contributed by atoms with Crippen molar-refractivity contribution in [1.82, 2.24) is 5.32 Å². The van der Waals surface area contributed by atoms with Gasteiger partial charge < -0.3 is 40.3 Å². The van der Waals surface area contributed by atoms with Crippen LogP contribution in [-0.4, -0.2) is 87.5 Å². The zero-order chi connectivity index (χ0) is 31.7. The Labute approximate surface area is 260 Å². The van der Waals surface area contributed by atoms with Gasteiger partial charge in [-0.2, -0.15) is 0 Å². The number of hydrogen-bond acceptors (Lipinski definition) is 8. The topological polar surface area (TPSA) is 149 Å². The van der Waals surface area contributed by atoms with E-state index in [0.717, 1.165) is 32.1 Å². The number of aliphatic hydroxyl groups is 5. The van der Waals surface area contributed by atoms with E-state index in [1.807, 2.05) is 13.0 Å². The fourth-order valence-corrected chi connectivity index (χ4v) is 4.87. The predicted molar refractivity (Wildman–Crippen MR) is 170 cm³/mol. The Hall–Kier alpha value is -1.59. The van der Waals surface area contributed by atoms with Crippen LogP contribution in [0.25, 0.3) is 0 Å². The molecule has 0 aromatic rings. The third kappa shape index (κ3) is 18.1. The van der Waals surface area contributed by atoms with Crippen molar-refractivity contribution >= 4 is 5.91 Å². The Kier molecular flexibility index (Phi) is 23.6. The molecule has 1 fully saturated rings. The standard InChI is InChI=1S/C34H61NO8/c1-3-5-7-8-9-10-11-12-13-14-15-16-17-18-19-20-21-22-23-28(37)27(35-30(38)24-6-4-2)26-42-34-33(41)32(40)31(39)29(25-36)43-34/h14-15,18-19,22-23,27-29,31-34,36-37,39-41H,3-13,16-17,20-21,24-26H2,1-2H3,(H,35,38)/b15-14+,19-18+,23-22+. The number of nitrogens with one attached hydrogen (secondary N) is 1. The van der Waals surface area contributed by atoms with Crippen LogP contribution in [0.5, 0.6) is 0 Å². The summed E-state index contributed by atoms with van der Waals surface area (Å²) in [4.78, 5) is 12.4. The Morgan fingerprint density at radius 1 is 0.767 bits per heavy atom. The summed E-state index contributed by atoms with van der Waals surface area (Å²) in [5, 5.41) is 53.1. The summed E-state index contributed by atoms with van der Waals surface area (Å²) in [6.07, 6.45) is 21.7. The van der Waals surface area contributed by atoms with Crippen LogP contribution in [0.1, 0.15) is 117 Å². The molecule has 0 saturated carbocycles. The highest BCUT2D eigenvalue weighted by molar-refractivity contribution is 5.76. The zero-order valence-electron chi connectivity index (χ0n) is 26.7. The smallest absolute Gasteiger partial charge is 0.220 e. The predicted octanol–water partition coefficient (Wildman–Crippen LogP) is 4.60. The number of hydrogen-bond donors (Lipinski definition) is 6. The van der Waals surface area contributed by atoms with E-state index in [1.54, 1.807) is 6.08 Å². The summed E-state index contributed by atoms with van der Waals surface area (Å²) in [5.74, 6) is -0.230. The molecule has 0 radical (unpaired) electrons. The molecule has 1 rings (SSSR count). The molecule has 0 bridgehead atoms. The molecule has 7 unspecified atom stereocenters. The molecular weight excluding hydrogens is 550 g/mol. The number of carbonyl (C=O) groups excluding carboxylic acids is 1. The fraction of sp³-hybridized carbons (Fsp3) is 0.794. The third-order valence-electron chi connectivity index (χ3n) is 7.70. The van der Waals surface area contributed by atoms with Crippen LogP contribution in [0.15, 0.2) is 36.5 Å². The van der Waals surface area contributed by atoms with Crippen molar-refractivity contribution in [2.75, 3.05) is 13.2 Å². The largest absolute Gasteiger partial charge is 0.394 e. The number of unbranched alkanes of at least 4 members (excludes halogenated alkanes) is 11. The molecule has 6 N–H and O–H groups in total. The Morgan fingerprint density at radius 2 is 1.33 bits per heavy atom. The molecule has 0 aliphatic carbocycles. The maximum absolute atomic E-state index is 12.4. The highest BCUT2D eigenvalue weighted by Gasteiger charge is 2.44. The van der Waals surface area contributed by atoms with Gasteiger partial charge in [-0.3, -0.25) is 4.79 Å². The Morgan fingerprint density at radius 3 is 1.93 bits per heavy atom. The molecule has 1 saturated heterocycles. The lowest BCUT2D eigenvalue weighted by Gasteiger charge is -2.40. The van der Waals surface area contributed by atoms with E-state index in [-0.39, 0.29) is 12.5 Å². The van der Waals surface area contributed by atoms with Crippen LogP contribution < -0.4 is 5.32 Å². The van der Waals surface area contributed by atoms with Gasteiger partial charge in [0.2, 0.25) is 5.91 Å². The van der Waals surface area contributed by atoms with Crippen LogP contribution in [0.2, 0.25) is 0 Å². The lowest BCUT2D eigenvalue weighted by Crippen LogP contribution is -2.60. The van der Waals surface area contributed by atoms with Gasteiger partial charge in [-0.1, -0.05) is 102 Å². The number of ether oxygens (including phenoxy) is 2. The second kappa shape index (κ2) is 25.7. The second-order valence-electron chi connectivity index (χ2n) is 11.6. The van der Waals surface area contributed by atoms with E-state index in [4.69, 9.17) is 9.47 Å². The van der Waals surface area contributed by atoms with Crippen LogP contribution >= 0.6 is 0 Å². The van der Waals surface area contributed by atoms with Crippen molar-refractivity contribution in [3.8, 4) is 0 Å². The summed E-state index contributed by atoms with van der Waals surface area (Å²) in [5.41, 5.74) is 0. The Balaban J connectivity index is 2.37. The summed E-state index contributed by atoms with van der Waals surface area (Å²) in [7, 11) is 0. The monoisotopic (exact) mass is 611 g/mol. The molecule has 1 aliphatic heterocycles. The van der Waals surface area contributed by atoms with E-state index in [0.29, 0.717) is 12.8 Å². The molecule has 1 amide bonds. The van der Waals surface area contributed by atoms with E-state index in [1.165, 1.54) is 57.8 Å². The summed E-state index contributed by atoms with van der Waals surface area (Å²) < 4.78 is 11.0. The normalized spacial score (nSPS) is 24.3. The minimum Gasteiger partial charge on any atom is -0.394 e. The van der Waals surface area contributed by atoms with E-state index in [9.17, 15) is 30.3 Å². The first-order valence-corrected chi connectivity index (χ1v) is 16.7. The van der Waals surface area contributed by atoms with Crippen LogP contribution in [0.3, 0.4) is 0 Å². The van der Waals surface area contributed by atoms with E-state index >= 15 is 0 Å². The number of carbonyl (C=O) groups is 1. The molecule has 1 aliphatic rings. The van der Waals surface area contributed by atoms with E-state index in [2.05, 4.69) is 36.5 Å². The van der Waals surface area contributed by atoms with Crippen molar-refractivity contribution < 1.29 is 39.8 Å². The van der Waals surface area contributed by atoms with Crippen molar-refractivity contribution in [2.45, 2.75) is 159 Å². The highest BCUT2D eigenvalue weighted by Crippen LogP contribution is 2.22. The van der Waals surface area contributed by atoms with Crippen LogP contribution in [0, 0.1) is 0 Å². The summed E-state index contributed by atoms with van der Waals surface area (Å²) >= 11 is 0. The molecular formula is C34H61NO8. The first-order valence-electron chi connectivity index (χ1n) is 16.7. The highest BCUT2D eigenvalue weighted by atomic mass is 16.7. The lowest BCUT2D eigenvalue weighted by molar-refractivity contribution is -0.302. The molecule has 9 heteroatoms. The van der Waals surface area contributed by atoms with Crippen molar-refractivity contribution in [1.29, 1.82) is 0 Å². The van der Waals surface area contributed by atoms with Crippen molar-refractivity contribution in [3.05, 3.63) is 36.5 Å². The van der Waals surface area contributed by atoms with Gasteiger partial charge in [0.05, 0.1) is 25.4 Å². The van der Waals surface area contributed by atoms with Gasteiger partial charge in [0, 0.05) is 6.42 Å². The molecule has 7 atom stereocenters. The molecule has 250 valence electrons. The minimum atomic E-state index is -1.57. The molecule has 0 aromatic carbocycles. The van der Waals surface area contributed by atoms with Crippen LogP contribution in [0.4, 0.5) is 0 Å². The SMILES string of the molecule is CCCCCCCCCC/C=C/CC/C=C/CC/C=C/C(O)C(COC1OC(CO)C(O)C(O)C1O)NC(=O)CCCC. The van der Waals surface area contributed by atoms with Gasteiger partial charge in [-0.15, -0.1) is 0 Å². The van der Waals surface area contributed by atoms with Gasteiger partial charge >= 0.3 is 0 Å². The minimum absolute atomic E-state index is 0.210. The van der Waals surface area contributed by atoms with Gasteiger partial charge in [-0.05, 0) is 44.9 Å². The number of allylic oxidation sites excluding steroid dienone is 5. The van der Waals surface area contributed by atoms with Gasteiger partial charge in [0.1, 0.15) is 24.4 Å². The number of rotatable bonds is 25. The van der Waals surface area contributed by atoms with Gasteiger partial charge in [-0.25, -0.2) is 0 Å². The van der Waals surface area contributed by atoms with Crippen LogP contribution in [-0.2, 0) is 14.3 Å². The summed E-state index contributed by atoms with van der Waals surface area (Å²) in [6, 6.07) is -0.818. The van der Waals surface area contributed by atoms with Gasteiger partial charge in [0.25, 0.3) is 0 Å². The molecule has 9 nitrogen and oxygen atoms in total. The number of amides is 1. The molecule has 1 heterocycles. The fourth-order valence-electron chi connectivity index (χ4n) is 4.87. The third-order valence-corrected chi connectivity index (χ3v) is 7.70. The first kappa shape index (κ1) is 39.4. The zero-order valence-corrected chi connectivity index (χ0v) is 26.7. The van der Waals surface area contributed by atoms with Gasteiger partial charge in [0.15, 0.2) is 6.29 Å². The Bertz CT molecular complexity index is 771. The average Bonchev–Trinajstić information content (AvgIpc) is 3.00. The maximum atomic E-state index is 12.4. The molecule has 43 heavy (non-hydrogen) atoms. The van der Waals surface area contributed by atoms with Crippen molar-refractivity contribution in [3.63, 3.8) is 0 Å². The summed E-state index contributed by atoms with van der Waals surface area (Å²) in [6.45, 7) is 3.45. The lowest BCUT2D eigenvalue weighted by atomic mass is 9.99. The quantitative estimate of drug-likeness (QED) is 0.0648. The van der Waals surface area contributed by atoms with E-state index < -0.39 is 49.5 Å². The number of aliphatic hydroxyl groups excluding tert-OH is 5. The molecule has 0 spiro atoms. The van der Waals surface area contributed by atoms with Crippen molar-refractivity contribution in [2.24, 2.45) is 0 Å². The molecule has 0 aromatic heterocycles. The first-order chi connectivity index (χ1) is 20.8. The second-order valence-corrected chi connectivity index (χ2v) is 11.6. The average molecular weight is 612 g/mol. The maximum Gasteiger partial charge on any atom is 0.220 e.